The van der Waals surface area contributed by atoms with E-state index in [4.69, 9.17) is 18.0 Å². The summed E-state index contributed by atoms with van der Waals surface area (Å²) in [7, 11) is 1.96. The molecule has 0 aliphatic heterocycles. The first-order valence-corrected chi connectivity index (χ1v) is 6.92. The van der Waals surface area contributed by atoms with Crippen LogP contribution in [0.2, 0.25) is 0 Å². The molecular weight excluding hydrogens is 244 g/mol. The van der Waals surface area contributed by atoms with Crippen LogP contribution in [0.1, 0.15) is 37.9 Å². The third-order valence-electron chi connectivity index (χ3n) is 3.49. The van der Waals surface area contributed by atoms with Gasteiger partial charge in [-0.25, -0.2) is 0 Å². The molecule has 0 amide bonds. The van der Waals surface area contributed by atoms with E-state index in [1.54, 1.807) is 0 Å². The van der Waals surface area contributed by atoms with Crippen LogP contribution in [0.25, 0.3) is 0 Å². The van der Waals surface area contributed by atoms with E-state index < -0.39 is 0 Å². The first-order chi connectivity index (χ1) is 8.41. The van der Waals surface area contributed by atoms with Crippen LogP contribution in [-0.2, 0) is 7.05 Å². The molecule has 0 bridgehead atoms. The number of nitrogens with zero attached hydrogens (tertiary/aromatic N) is 3. The van der Waals surface area contributed by atoms with Gasteiger partial charge in [-0.1, -0.05) is 12.2 Å². The van der Waals surface area contributed by atoms with E-state index in [2.05, 4.69) is 23.8 Å². The van der Waals surface area contributed by atoms with Gasteiger partial charge in [-0.2, -0.15) is 5.10 Å². The smallest absolute Gasteiger partial charge is 0.137 e. The molecule has 1 aliphatic carbocycles. The lowest BCUT2D eigenvalue weighted by molar-refractivity contribution is 0.609. The number of hydrogen-bond acceptors (Lipinski definition) is 3. The van der Waals surface area contributed by atoms with E-state index in [0.29, 0.717) is 11.0 Å². The van der Waals surface area contributed by atoms with Gasteiger partial charge in [-0.15, -0.1) is 0 Å². The van der Waals surface area contributed by atoms with Crippen LogP contribution in [0.3, 0.4) is 0 Å². The number of rotatable bonds is 5. The average Bonchev–Trinajstić information content (AvgIpc) is 3.00. The van der Waals surface area contributed by atoms with Crippen molar-refractivity contribution in [3.05, 3.63) is 11.3 Å². The number of aryl methyl sites for hydroxylation is 2. The van der Waals surface area contributed by atoms with Crippen LogP contribution in [0.15, 0.2) is 0 Å². The molecule has 4 nitrogen and oxygen atoms in total. The summed E-state index contributed by atoms with van der Waals surface area (Å²) in [5.74, 6) is 1.89. The van der Waals surface area contributed by atoms with Gasteiger partial charge in [0.05, 0.1) is 11.3 Å². The van der Waals surface area contributed by atoms with Crippen molar-refractivity contribution < 1.29 is 0 Å². The monoisotopic (exact) mass is 266 g/mol. The maximum Gasteiger partial charge on any atom is 0.137 e. The average molecular weight is 266 g/mol. The molecule has 0 atom stereocenters. The summed E-state index contributed by atoms with van der Waals surface area (Å²) in [6.45, 7) is 7.45. The highest BCUT2D eigenvalue weighted by Crippen LogP contribution is 2.34. The van der Waals surface area contributed by atoms with Gasteiger partial charge in [-0.05, 0) is 39.5 Å². The second-order valence-corrected chi connectivity index (χ2v) is 5.90. The van der Waals surface area contributed by atoms with Crippen LogP contribution >= 0.6 is 12.2 Å². The summed E-state index contributed by atoms with van der Waals surface area (Å²) in [5.41, 5.74) is 7.71. The van der Waals surface area contributed by atoms with E-state index in [0.717, 1.165) is 29.5 Å². The number of nitrogens with two attached hydrogens (primary N) is 1. The molecule has 1 aliphatic rings. The minimum Gasteiger partial charge on any atom is -0.389 e. The summed E-state index contributed by atoms with van der Waals surface area (Å²) in [4.78, 5) is 2.82. The van der Waals surface area contributed by atoms with E-state index in [1.165, 1.54) is 12.8 Å². The summed E-state index contributed by atoms with van der Waals surface area (Å²) in [6, 6.07) is 0.425. The van der Waals surface area contributed by atoms with E-state index in [9.17, 15) is 0 Å². The molecular formula is C13H22N4S. The Morgan fingerprint density at radius 3 is 2.61 bits per heavy atom. The molecule has 0 spiro atoms. The van der Waals surface area contributed by atoms with Crippen molar-refractivity contribution in [3.63, 3.8) is 0 Å². The molecule has 1 fully saturated rings. The zero-order valence-electron chi connectivity index (χ0n) is 11.6. The third kappa shape index (κ3) is 2.51. The molecule has 1 aromatic rings. The predicted molar refractivity (Wildman–Crippen MR) is 79.0 cm³/mol. The Morgan fingerprint density at radius 2 is 2.17 bits per heavy atom. The Balaban J connectivity index is 2.41. The summed E-state index contributed by atoms with van der Waals surface area (Å²) in [5, 5.41) is 4.47. The fourth-order valence-electron chi connectivity index (χ4n) is 2.38. The molecule has 5 heteroatoms. The number of thiocarbonyl (C=S) groups is 1. The van der Waals surface area contributed by atoms with Crippen LogP contribution in [0, 0.1) is 12.8 Å². The number of hydrogen-bond donors (Lipinski definition) is 1. The van der Waals surface area contributed by atoms with E-state index in [-0.39, 0.29) is 0 Å². The van der Waals surface area contributed by atoms with Gasteiger partial charge in [0, 0.05) is 19.6 Å². The number of anilines is 1. The van der Waals surface area contributed by atoms with Crippen LogP contribution < -0.4 is 10.6 Å². The lowest BCUT2D eigenvalue weighted by Crippen LogP contribution is -2.35. The maximum atomic E-state index is 5.86. The standard InChI is InChI=1S/C13H22N4S/c1-8(2)17(7-10-5-6-10)13-11(12(14)18)9(3)15-16(13)4/h8,10H,5-7H2,1-4H3,(H2,14,18). The first kappa shape index (κ1) is 13.3. The van der Waals surface area contributed by atoms with Crippen molar-refractivity contribution in [2.24, 2.45) is 18.7 Å². The van der Waals surface area contributed by atoms with Gasteiger partial charge in [0.2, 0.25) is 0 Å². The molecule has 0 radical (unpaired) electrons. The van der Waals surface area contributed by atoms with Crippen LogP contribution in [-0.4, -0.2) is 27.4 Å². The maximum absolute atomic E-state index is 5.86. The van der Waals surface area contributed by atoms with Crippen molar-refractivity contribution in [2.75, 3.05) is 11.4 Å². The molecule has 0 saturated heterocycles. The first-order valence-electron chi connectivity index (χ1n) is 6.51. The van der Waals surface area contributed by atoms with Crippen LogP contribution in [0.4, 0.5) is 5.82 Å². The second kappa shape index (κ2) is 4.88. The Hall–Kier alpha value is -1.10. The van der Waals surface area contributed by atoms with E-state index in [1.807, 2.05) is 18.7 Å². The minimum absolute atomic E-state index is 0.425. The zero-order valence-corrected chi connectivity index (χ0v) is 12.4. The topological polar surface area (TPSA) is 47.1 Å². The lowest BCUT2D eigenvalue weighted by atomic mass is 10.2. The Morgan fingerprint density at radius 1 is 1.56 bits per heavy atom. The van der Waals surface area contributed by atoms with Crippen molar-refractivity contribution in [2.45, 2.75) is 39.7 Å². The Kier molecular flexibility index (Phi) is 3.61. The van der Waals surface area contributed by atoms with Crippen LogP contribution in [0.5, 0.6) is 0 Å². The summed E-state index contributed by atoms with van der Waals surface area (Å²) >= 11 is 5.18. The fraction of sp³-hybridized carbons (Fsp3) is 0.692. The van der Waals surface area contributed by atoms with Gasteiger partial charge in [0.1, 0.15) is 10.8 Å². The second-order valence-electron chi connectivity index (χ2n) is 5.46. The lowest BCUT2D eigenvalue weighted by Gasteiger charge is -2.29. The SMILES string of the molecule is Cc1nn(C)c(N(CC2CC2)C(C)C)c1C(N)=S. The van der Waals surface area contributed by atoms with Gasteiger partial charge in [-0.3, -0.25) is 4.68 Å². The highest BCUT2D eigenvalue weighted by atomic mass is 32.1. The molecule has 18 heavy (non-hydrogen) atoms. The highest BCUT2D eigenvalue weighted by molar-refractivity contribution is 7.80. The molecule has 0 unspecified atom stereocenters. The molecule has 0 aromatic carbocycles. The normalized spacial score (nSPS) is 15.2. The molecule has 1 saturated carbocycles. The molecule has 1 heterocycles. The number of aromatic nitrogens is 2. The summed E-state index contributed by atoms with van der Waals surface area (Å²) in [6.07, 6.45) is 2.67. The Bertz CT molecular complexity index is 460. The van der Waals surface area contributed by atoms with Gasteiger partial charge < -0.3 is 10.6 Å². The zero-order chi connectivity index (χ0) is 13.4. The molecule has 100 valence electrons. The minimum atomic E-state index is 0.425. The van der Waals surface area contributed by atoms with Gasteiger partial charge in [0.15, 0.2) is 0 Å². The summed E-state index contributed by atoms with van der Waals surface area (Å²) < 4.78 is 1.91. The Labute approximate surface area is 114 Å². The predicted octanol–water partition coefficient (Wildman–Crippen LogP) is 1.99. The quantitative estimate of drug-likeness (QED) is 0.828. The van der Waals surface area contributed by atoms with Crippen molar-refractivity contribution >= 4 is 23.0 Å². The highest BCUT2D eigenvalue weighted by Gasteiger charge is 2.29. The van der Waals surface area contributed by atoms with Crippen molar-refractivity contribution in [1.29, 1.82) is 0 Å². The van der Waals surface area contributed by atoms with Crippen molar-refractivity contribution in [3.8, 4) is 0 Å². The largest absolute Gasteiger partial charge is 0.389 e. The van der Waals surface area contributed by atoms with Gasteiger partial charge >= 0.3 is 0 Å². The molecule has 1 aromatic heterocycles. The van der Waals surface area contributed by atoms with E-state index >= 15 is 0 Å². The van der Waals surface area contributed by atoms with Gasteiger partial charge in [0.25, 0.3) is 0 Å². The molecule has 2 N–H and O–H groups in total. The third-order valence-corrected chi connectivity index (χ3v) is 3.69. The molecule has 2 rings (SSSR count). The fourth-order valence-corrected chi connectivity index (χ4v) is 2.62. The van der Waals surface area contributed by atoms with Crippen molar-refractivity contribution in [1.82, 2.24) is 9.78 Å².